The molecule has 0 saturated carbocycles. The second-order valence-electron chi connectivity index (χ2n) is 5.51. The molecule has 0 aliphatic heterocycles. The first-order valence-corrected chi connectivity index (χ1v) is 7.22. The maximum Gasteiger partial charge on any atom is 0.226 e. The van der Waals surface area contributed by atoms with E-state index >= 15 is 0 Å². The van der Waals surface area contributed by atoms with E-state index in [0.717, 1.165) is 0 Å². The molecular weight excluding hydrogens is 292 g/mol. The first-order chi connectivity index (χ1) is 9.85. The van der Waals surface area contributed by atoms with Gasteiger partial charge in [-0.15, -0.1) is 0 Å². The summed E-state index contributed by atoms with van der Waals surface area (Å²) in [6.45, 7) is 4.69. The number of amides is 1. The highest BCUT2D eigenvalue weighted by Crippen LogP contribution is 2.16. The van der Waals surface area contributed by atoms with E-state index in [1.807, 2.05) is 13.8 Å². The predicted octanol–water partition coefficient (Wildman–Crippen LogP) is 1.44. The average molecular weight is 315 g/mol. The first kappa shape index (κ1) is 17.8. The summed E-state index contributed by atoms with van der Waals surface area (Å²) in [4.78, 5) is 11.6. The number of hydrogen-bond donors (Lipinski definition) is 3. The summed E-state index contributed by atoms with van der Waals surface area (Å²) in [5, 5.41) is 16.2. The minimum atomic E-state index is -0.652. The van der Waals surface area contributed by atoms with Gasteiger partial charge in [0.15, 0.2) is 0 Å². The Bertz CT molecular complexity index is 449. The molecule has 0 aliphatic rings. The number of carbonyl (C=O) groups is 1. The van der Waals surface area contributed by atoms with Gasteiger partial charge < -0.3 is 20.5 Å². The largest absolute Gasteiger partial charge is 0.491 e. The quantitative estimate of drug-likeness (QED) is 0.679. The van der Waals surface area contributed by atoms with E-state index in [4.69, 9.17) is 16.3 Å². The van der Waals surface area contributed by atoms with Gasteiger partial charge in [-0.2, -0.15) is 0 Å². The Morgan fingerprint density at radius 1 is 1.38 bits per heavy atom. The van der Waals surface area contributed by atoms with E-state index in [-0.39, 0.29) is 12.5 Å². The van der Waals surface area contributed by atoms with E-state index in [1.165, 1.54) is 0 Å². The van der Waals surface area contributed by atoms with Crippen LogP contribution in [-0.4, -0.2) is 43.9 Å². The van der Waals surface area contributed by atoms with Gasteiger partial charge in [0.2, 0.25) is 5.91 Å². The molecule has 118 valence electrons. The molecule has 3 N–H and O–H groups in total. The van der Waals surface area contributed by atoms with Crippen LogP contribution in [-0.2, 0) is 4.79 Å². The third kappa shape index (κ3) is 6.33. The Balaban J connectivity index is 2.26. The summed E-state index contributed by atoms with van der Waals surface area (Å²) in [7, 11) is 1.61. The van der Waals surface area contributed by atoms with Crippen molar-refractivity contribution < 1.29 is 14.6 Å². The monoisotopic (exact) mass is 314 g/mol. The standard InChI is InChI=1S/C15H23ClN2O3/c1-15(2,14(20)17-3)10-18-8-12(19)9-21-13-6-4-11(16)5-7-13/h4-7,12,18-19H,8-10H2,1-3H3,(H,17,20). The summed E-state index contributed by atoms with van der Waals surface area (Å²) in [6, 6.07) is 6.95. The Morgan fingerprint density at radius 3 is 2.57 bits per heavy atom. The first-order valence-electron chi connectivity index (χ1n) is 6.84. The fraction of sp³-hybridized carbons (Fsp3) is 0.533. The highest BCUT2D eigenvalue weighted by molar-refractivity contribution is 6.30. The van der Waals surface area contributed by atoms with Crippen LogP contribution >= 0.6 is 11.6 Å². The molecule has 5 nitrogen and oxygen atoms in total. The topological polar surface area (TPSA) is 70.6 Å². The lowest BCUT2D eigenvalue weighted by molar-refractivity contribution is -0.128. The van der Waals surface area contributed by atoms with Crippen molar-refractivity contribution in [3.05, 3.63) is 29.3 Å². The van der Waals surface area contributed by atoms with Crippen molar-refractivity contribution in [1.29, 1.82) is 0 Å². The zero-order valence-corrected chi connectivity index (χ0v) is 13.4. The molecule has 0 spiro atoms. The van der Waals surface area contributed by atoms with Crippen LogP contribution in [0.2, 0.25) is 5.02 Å². The zero-order chi connectivity index (χ0) is 15.9. The minimum Gasteiger partial charge on any atom is -0.491 e. The van der Waals surface area contributed by atoms with Gasteiger partial charge in [0.05, 0.1) is 5.41 Å². The molecule has 1 atom stereocenters. The molecule has 1 aromatic carbocycles. The van der Waals surface area contributed by atoms with Crippen molar-refractivity contribution in [2.75, 3.05) is 26.7 Å². The van der Waals surface area contributed by atoms with Gasteiger partial charge in [-0.05, 0) is 38.1 Å². The van der Waals surface area contributed by atoms with Crippen molar-refractivity contribution >= 4 is 17.5 Å². The van der Waals surface area contributed by atoms with Crippen LogP contribution < -0.4 is 15.4 Å². The van der Waals surface area contributed by atoms with Crippen LogP contribution in [0.5, 0.6) is 5.75 Å². The van der Waals surface area contributed by atoms with Gasteiger partial charge >= 0.3 is 0 Å². The molecule has 1 unspecified atom stereocenters. The maximum absolute atomic E-state index is 11.6. The van der Waals surface area contributed by atoms with Gasteiger partial charge in [0.1, 0.15) is 18.5 Å². The molecule has 0 fully saturated rings. The van der Waals surface area contributed by atoms with Crippen LogP contribution in [0.3, 0.4) is 0 Å². The van der Waals surface area contributed by atoms with Crippen LogP contribution in [0, 0.1) is 5.41 Å². The molecule has 0 aromatic heterocycles. The van der Waals surface area contributed by atoms with E-state index in [2.05, 4.69) is 10.6 Å². The summed E-state index contributed by atoms with van der Waals surface area (Å²) < 4.78 is 5.45. The molecule has 0 aliphatic carbocycles. The fourth-order valence-electron chi connectivity index (χ4n) is 1.75. The average Bonchev–Trinajstić information content (AvgIpc) is 2.45. The van der Waals surface area contributed by atoms with Gasteiger partial charge in [-0.25, -0.2) is 0 Å². The maximum atomic E-state index is 11.6. The summed E-state index contributed by atoms with van der Waals surface area (Å²) >= 11 is 5.78. The van der Waals surface area contributed by atoms with Crippen molar-refractivity contribution in [3.63, 3.8) is 0 Å². The number of aliphatic hydroxyl groups is 1. The van der Waals surface area contributed by atoms with Crippen LogP contribution in [0.1, 0.15) is 13.8 Å². The number of carbonyl (C=O) groups excluding carboxylic acids is 1. The van der Waals surface area contributed by atoms with E-state index in [1.54, 1.807) is 31.3 Å². The predicted molar refractivity (Wildman–Crippen MR) is 83.7 cm³/mol. The van der Waals surface area contributed by atoms with Crippen molar-refractivity contribution in [2.24, 2.45) is 5.41 Å². The van der Waals surface area contributed by atoms with Crippen LogP contribution in [0.15, 0.2) is 24.3 Å². The zero-order valence-electron chi connectivity index (χ0n) is 12.6. The molecule has 0 bridgehead atoms. The molecule has 21 heavy (non-hydrogen) atoms. The number of rotatable bonds is 8. The Labute approximate surface area is 130 Å². The highest BCUT2D eigenvalue weighted by atomic mass is 35.5. The summed E-state index contributed by atoms with van der Waals surface area (Å²) in [6.07, 6.45) is -0.652. The second kappa shape index (κ2) is 8.22. The second-order valence-corrected chi connectivity index (χ2v) is 5.95. The minimum absolute atomic E-state index is 0.0399. The SMILES string of the molecule is CNC(=O)C(C)(C)CNCC(O)COc1ccc(Cl)cc1. The van der Waals surface area contributed by atoms with Crippen molar-refractivity contribution in [1.82, 2.24) is 10.6 Å². The molecule has 0 saturated heterocycles. The molecule has 1 rings (SSSR count). The number of benzene rings is 1. The van der Waals surface area contributed by atoms with Gasteiger partial charge in [-0.1, -0.05) is 11.6 Å². The van der Waals surface area contributed by atoms with Gasteiger partial charge in [-0.3, -0.25) is 4.79 Å². The van der Waals surface area contributed by atoms with Crippen LogP contribution in [0.4, 0.5) is 0 Å². The number of nitrogens with one attached hydrogen (secondary N) is 2. The molecule has 0 radical (unpaired) electrons. The number of aliphatic hydroxyl groups excluding tert-OH is 1. The highest BCUT2D eigenvalue weighted by Gasteiger charge is 2.26. The Kier molecular flexibility index (Phi) is 6.95. The van der Waals surface area contributed by atoms with Crippen LogP contribution in [0.25, 0.3) is 0 Å². The fourth-order valence-corrected chi connectivity index (χ4v) is 1.88. The molecule has 1 aromatic rings. The Hall–Kier alpha value is -1.30. The molecule has 6 heteroatoms. The number of ether oxygens (including phenoxy) is 1. The van der Waals surface area contributed by atoms with E-state index in [0.29, 0.717) is 23.9 Å². The molecule has 1 amide bonds. The van der Waals surface area contributed by atoms with Crippen molar-refractivity contribution in [2.45, 2.75) is 20.0 Å². The lowest BCUT2D eigenvalue weighted by atomic mass is 9.92. The molecular formula is C15H23ClN2O3. The lowest BCUT2D eigenvalue weighted by Gasteiger charge is -2.23. The lowest BCUT2D eigenvalue weighted by Crippen LogP contribution is -2.44. The summed E-state index contributed by atoms with van der Waals surface area (Å²) in [5.41, 5.74) is -0.522. The molecule has 0 heterocycles. The van der Waals surface area contributed by atoms with Crippen molar-refractivity contribution in [3.8, 4) is 5.75 Å². The van der Waals surface area contributed by atoms with Gasteiger partial charge in [0, 0.05) is 25.2 Å². The summed E-state index contributed by atoms with van der Waals surface area (Å²) in [5.74, 6) is 0.617. The van der Waals surface area contributed by atoms with E-state index < -0.39 is 11.5 Å². The van der Waals surface area contributed by atoms with E-state index in [9.17, 15) is 9.90 Å². The third-order valence-electron chi connectivity index (χ3n) is 3.04. The number of hydrogen-bond acceptors (Lipinski definition) is 4. The normalized spacial score (nSPS) is 12.8. The third-order valence-corrected chi connectivity index (χ3v) is 3.30. The number of halogens is 1. The van der Waals surface area contributed by atoms with Gasteiger partial charge in [0.25, 0.3) is 0 Å². The Morgan fingerprint density at radius 2 is 2.00 bits per heavy atom. The smallest absolute Gasteiger partial charge is 0.226 e.